The van der Waals surface area contributed by atoms with Crippen molar-refractivity contribution < 1.29 is 9.53 Å². The molecule has 168 valence electrons. The second-order valence-electron chi connectivity index (χ2n) is 9.68. The fourth-order valence-corrected chi connectivity index (χ4v) is 5.12. The third kappa shape index (κ3) is 4.02. The summed E-state index contributed by atoms with van der Waals surface area (Å²) in [4.78, 5) is 18.1. The highest BCUT2D eigenvalue weighted by Crippen LogP contribution is 2.48. The molecule has 4 nitrogen and oxygen atoms in total. The van der Waals surface area contributed by atoms with E-state index in [9.17, 15) is 4.79 Å². The number of hydrogen-bond donors (Lipinski definition) is 0. The first-order valence-corrected chi connectivity index (χ1v) is 11.5. The molecule has 1 atom stereocenters. The number of ketones is 1. The van der Waals surface area contributed by atoms with E-state index >= 15 is 0 Å². The highest BCUT2D eigenvalue weighted by atomic mass is 16.5. The van der Waals surface area contributed by atoms with E-state index in [2.05, 4.69) is 84.3 Å². The molecule has 0 aromatic heterocycles. The first-order chi connectivity index (χ1) is 16.0. The van der Waals surface area contributed by atoms with Crippen LogP contribution < -0.4 is 14.5 Å². The molecule has 3 aromatic rings. The molecule has 1 heterocycles. The lowest BCUT2D eigenvalue weighted by Gasteiger charge is -2.51. The van der Waals surface area contributed by atoms with Crippen molar-refractivity contribution in [1.29, 1.82) is 0 Å². The summed E-state index contributed by atoms with van der Waals surface area (Å²) in [5.74, 6) is 1.09. The summed E-state index contributed by atoms with van der Waals surface area (Å²) < 4.78 is 5.43. The molecule has 1 aliphatic carbocycles. The van der Waals surface area contributed by atoms with Gasteiger partial charge in [0, 0.05) is 29.1 Å². The molecule has 0 fully saturated rings. The molecule has 0 N–H and O–H groups in total. The molecule has 5 rings (SSSR count). The lowest BCUT2D eigenvalue weighted by atomic mass is 9.74. The number of methoxy groups -OCH3 is 1. The van der Waals surface area contributed by atoms with Gasteiger partial charge in [0.15, 0.2) is 5.78 Å². The lowest BCUT2D eigenvalue weighted by Crippen LogP contribution is -2.51. The zero-order valence-electron chi connectivity index (χ0n) is 19.5. The van der Waals surface area contributed by atoms with Gasteiger partial charge in [0.05, 0.1) is 13.7 Å². The van der Waals surface area contributed by atoms with E-state index in [1.54, 1.807) is 7.11 Å². The average Bonchev–Trinajstić information content (AvgIpc) is 2.83. The number of ether oxygens (including phenoxy) is 1. The summed E-state index contributed by atoms with van der Waals surface area (Å²) in [5.41, 5.74) is 5.37. The predicted octanol–water partition coefficient (Wildman–Crippen LogP) is 6.36. The van der Waals surface area contributed by atoms with Gasteiger partial charge in [-0.05, 0) is 53.8 Å². The Morgan fingerprint density at radius 2 is 1.42 bits per heavy atom. The van der Waals surface area contributed by atoms with Crippen LogP contribution in [0.4, 0.5) is 11.4 Å². The minimum absolute atomic E-state index is 0.0671. The van der Waals surface area contributed by atoms with E-state index in [1.807, 2.05) is 24.3 Å². The number of Topliss-reactive ketones (excluding diaryl/α,β-unsaturated/α-hetero) is 1. The van der Waals surface area contributed by atoms with Crippen LogP contribution in [0.25, 0.3) is 0 Å². The molecule has 0 bridgehead atoms. The molecule has 1 unspecified atom stereocenters. The topological polar surface area (TPSA) is 32.8 Å². The Morgan fingerprint density at radius 1 is 0.818 bits per heavy atom. The van der Waals surface area contributed by atoms with Crippen LogP contribution in [-0.4, -0.2) is 19.4 Å². The molecule has 0 amide bonds. The van der Waals surface area contributed by atoms with Crippen molar-refractivity contribution >= 4 is 17.2 Å². The summed E-state index contributed by atoms with van der Waals surface area (Å²) in [5, 5.41) is 0. The van der Waals surface area contributed by atoms with Crippen LogP contribution in [0, 0.1) is 5.41 Å². The van der Waals surface area contributed by atoms with E-state index in [-0.39, 0.29) is 17.4 Å². The van der Waals surface area contributed by atoms with Crippen molar-refractivity contribution in [3.8, 4) is 5.75 Å². The minimum atomic E-state index is -0.0823. The van der Waals surface area contributed by atoms with Gasteiger partial charge in [0.2, 0.25) is 0 Å². The Kier molecular flexibility index (Phi) is 5.45. The Morgan fingerprint density at radius 3 is 2.03 bits per heavy atom. The number of benzene rings is 3. The quantitative estimate of drug-likeness (QED) is 0.474. The molecule has 3 aromatic carbocycles. The monoisotopic (exact) mass is 438 g/mol. The summed E-state index contributed by atoms with van der Waals surface area (Å²) in [6.07, 6.45) is 1.38. The van der Waals surface area contributed by atoms with Crippen molar-refractivity contribution in [1.82, 2.24) is 0 Å². The van der Waals surface area contributed by atoms with Crippen LogP contribution in [0.2, 0.25) is 0 Å². The molecule has 0 spiro atoms. The van der Waals surface area contributed by atoms with Gasteiger partial charge < -0.3 is 14.5 Å². The third-order valence-electron chi connectivity index (χ3n) is 6.67. The van der Waals surface area contributed by atoms with Crippen LogP contribution >= 0.6 is 0 Å². The number of para-hydroxylation sites is 2. The zero-order chi connectivity index (χ0) is 23.0. The first kappa shape index (κ1) is 21.3. The van der Waals surface area contributed by atoms with Crippen LogP contribution in [-0.2, 0) is 4.79 Å². The van der Waals surface area contributed by atoms with Crippen molar-refractivity contribution in [2.24, 2.45) is 5.41 Å². The maximum Gasteiger partial charge on any atom is 0.162 e. The van der Waals surface area contributed by atoms with Crippen LogP contribution in [0.5, 0.6) is 5.75 Å². The fraction of sp³-hybridized carbons (Fsp3) is 0.276. The fourth-order valence-electron chi connectivity index (χ4n) is 5.12. The number of carbonyl (C=O) groups is 1. The highest BCUT2D eigenvalue weighted by Gasteiger charge is 2.43. The Bertz CT molecular complexity index is 1170. The summed E-state index contributed by atoms with van der Waals surface area (Å²) >= 11 is 0. The van der Waals surface area contributed by atoms with Gasteiger partial charge in [-0.25, -0.2) is 0 Å². The second kappa shape index (κ2) is 8.43. The smallest absolute Gasteiger partial charge is 0.162 e. The average molecular weight is 439 g/mol. The SMILES string of the molecule is COc1ccc(C2N(c3ccccc3)CC3=C(CC(C)(C)CC3=O)N2c2ccccc2)cc1. The molecule has 0 saturated carbocycles. The van der Waals surface area contributed by atoms with Crippen LogP contribution in [0.15, 0.2) is 96.2 Å². The van der Waals surface area contributed by atoms with E-state index in [0.29, 0.717) is 13.0 Å². The molecule has 0 radical (unpaired) electrons. The summed E-state index contributed by atoms with van der Waals surface area (Å²) in [6, 6.07) is 29.2. The Balaban J connectivity index is 1.74. The number of nitrogens with zero attached hydrogens (tertiary/aromatic N) is 2. The number of carbonyl (C=O) groups excluding carboxylic acids is 1. The van der Waals surface area contributed by atoms with Gasteiger partial charge >= 0.3 is 0 Å². The molecular formula is C29H30N2O2. The van der Waals surface area contributed by atoms with Gasteiger partial charge in [-0.1, -0.05) is 62.4 Å². The van der Waals surface area contributed by atoms with Crippen LogP contribution in [0.3, 0.4) is 0 Å². The first-order valence-electron chi connectivity index (χ1n) is 11.5. The maximum absolute atomic E-state index is 13.4. The van der Waals surface area contributed by atoms with Crippen molar-refractivity contribution in [3.05, 3.63) is 102 Å². The molecule has 4 heteroatoms. The van der Waals surface area contributed by atoms with Gasteiger partial charge in [-0.3, -0.25) is 4.79 Å². The number of allylic oxidation sites excluding steroid dienone is 1. The van der Waals surface area contributed by atoms with Crippen molar-refractivity contribution in [2.45, 2.75) is 32.9 Å². The summed E-state index contributed by atoms with van der Waals surface area (Å²) in [6.45, 7) is 5.00. The standard InChI is InChI=1S/C29H30N2O2/c1-29(2)18-26-25(27(32)19-29)20-30(22-10-6-4-7-11-22)28(21-14-16-24(33-3)17-15-21)31(26)23-12-8-5-9-13-23/h4-17,28H,18-20H2,1-3H3. The molecule has 1 aliphatic heterocycles. The third-order valence-corrected chi connectivity index (χ3v) is 6.67. The van der Waals surface area contributed by atoms with Gasteiger partial charge in [0.25, 0.3) is 0 Å². The normalized spacial score (nSPS) is 20.0. The van der Waals surface area contributed by atoms with Crippen molar-refractivity contribution in [3.63, 3.8) is 0 Å². The predicted molar refractivity (Wildman–Crippen MR) is 133 cm³/mol. The molecule has 2 aliphatic rings. The maximum atomic E-state index is 13.4. The summed E-state index contributed by atoms with van der Waals surface area (Å²) in [7, 11) is 1.69. The zero-order valence-corrected chi connectivity index (χ0v) is 19.5. The van der Waals surface area contributed by atoms with Gasteiger partial charge in [-0.15, -0.1) is 0 Å². The Hall–Kier alpha value is -3.53. The van der Waals surface area contributed by atoms with E-state index in [1.165, 1.54) is 0 Å². The van der Waals surface area contributed by atoms with Crippen molar-refractivity contribution in [2.75, 3.05) is 23.5 Å². The number of hydrogen-bond acceptors (Lipinski definition) is 4. The van der Waals surface area contributed by atoms with Gasteiger partial charge in [-0.2, -0.15) is 0 Å². The van der Waals surface area contributed by atoms with E-state index < -0.39 is 0 Å². The lowest BCUT2D eigenvalue weighted by molar-refractivity contribution is -0.118. The van der Waals surface area contributed by atoms with Gasteiger partial charge in [0.1, 0.15) is 11.9 Å². The van der Waals surface area contributed by atoms with E-state index in [0.717, 1.165) is 40.4 Å². The van der Waals surface area contributed by atoms with Crippen LogP contribution in [0.1, 0.15) is 38.4 Å². The minimum Gasteiger partial charge on any atom is -0.497 e. The Labute approximate surface area is 196 Å². The largest absolute Gasteiger partial charge is 0.497 e. The number of anilines is 2. The number of rotatable bonds is 4. The van der Waals surface area contributed by atoms with E-state index in [4.69, 9.17) is 4.74 Å². The molecule has 33 heavy (non-hydrogen) atoms. The molecule has 0 saturated heterocycles. The molecular weight excluding hydrogens is 408 g/mol. The second-order valence-corrected chi connectivity index (χ2v) is 9.68. The highest BCUT2D eigenvalue weighted by molar-refractivity contribution is 6.00.